The van der Waals surface area contributed by atoms with Crippen molar-refractivity contribution in [2.24, 2.45) is 5.73 Å². The Morgan fingerprint density at radius 3 is 2.52 bits per heavy atom. The van der Waals surface area contributed by atoms with Gasteiger partial charge in [-0.25, -0.2) is 13.8 Å². The van der Waals surface area contributed by atoms with Gasteiger partial charge in [-0.15, -0.1) is 0 Å². The predicted molar refractivity (Wildman–Crippen MR) is 120 cm³/mol. The number of rotatable bonds is 8. The number of ether oxygens (including phenoxy) is 2. The molecule has 0 fully saturated rings. The molecule has 1 aromatic heterocycles. The summed E-state index contributed by atoms with van der Waals surface area (Å²) in [5, 5.41) is 0.927. The number of halogens is 3. The number of aromatic nitrogens is 2. The Labute approximate surface area is 196 Å². The third-order valence-corrected chi connectivity index (χ3v) is 5.46. The average molecular weight is 488 g/mol. The van der Waals surface area contributed by atoms with Crippen LogP contribution in [-0.2, 0) is 13.2 Å². The summed E-state index contributed by atoms with van der Waals surface area (Å²) in [5.74, 6) is -2.87. The quantitative estimate of drug-likeness (QED) is 0.360. The van der Waals surface area contributed by atoms with Gasteiger partial charge in [0.05, 0.1) is 5.56 Å². The van der Waals surface area contributed by atoms with Crippen molar-refractivity contribution >= 4 is 29.0 Å². The number of amides is 1. The van der Waals surface area contributed by atoms with E-state index in [2.05, 4.69) is 9.36 Å². The van der Waals surface area contributed by atoms with Gasteiger partial charge in [0.2, 0.25) is 0 Å². The SMILES string of the molecule is NC(=O)c1c(F)ccc(OCc2nc(-c3ccc(Cl)cc3OCc3ccccc3)ns2)c1F. The van der Waals surface area contributed by atoms with Crippen molar-refractivity contribution < 1.29 is 23.0 Å². The van der Waals surface area contributed by atoms with Crippen LogP contribution in [0.4, 0.5) is 8.78 Å². The minimum atomic E-state index is -1.22. The van der Waals surface area contributed by atoms with Gasteiger partial charge in [-0.3, -0.25) is 4.79 Å². The fraction of sp³-hybridized carbons (Fsp3) is 0.0870. The zero-order valence-electron chi connectivity index (χ0n) is 16.9. The number of primary amides is 1. The van der Waals surface area contributed by atoms with Crippen LogP contribution >= 0.6 is 23.1 Å². The molecule has 33 heavy (non-hydrogen) atoms. The van der Waals surface area contributed by atoms with Gasteiger partial charge >= 0.3 is 0 Å². The zero-order valence-corrected chi connectivity index (χ0v) is 18.5. The van der Waals surface area contributed by atoms with Crippen LogP contribution in [0, 0.1) is 11.6 Å². The third-order valence-electron chi connectivity index (χ3n) is 4.54. The summed E-state index contributed by atoms with van der Waals surface area (Å²) in [6, 6.07) is 16.8. The fourth-order valence-electron chi connectivity index (χ4n) is 2.97. The van der Waals surface area contributed by atoms with Gasteiger partial charge in [-0.05, 0) is 47.4 Å². The van der Waals surface area contributed by atoms with Crippen molar-refractivity contribution in [3.8, 4) is 22.9 Å². The van der Waals surface area contributed by atoms with E-state index in [1.165, 1.54) is 0 Å². The van der Waals surface area contributed by atoms with Gasteiger partial charge in [0.15, 0.2) is 22.4 Å². The molecule has 6 nitrogen and oxygen atoms in total. The second-order valence-electron chi connectivity index (χ2n) is 6.81. The maximum Gasteiger partial charge on any atom is 0.254 e. The number of hydrogen-bond donors (Lipinski definition) is 1. The van der Waals surface area contributed by atoms with Crippen molar-refractivity contribution in [2.45, 2.75) is 13.2 Å². The lowest BCUT2D eigenvalue weighted by atomic mass is 10.1. The van der Waals surface area contributed by atoms with Crippen LogP contribution in [0.3, 0.4) is 0 Å². The van der Waals surface area contributed by atoms with E-state index >= 15 is 0 Å². The van der Waals surface area contributed by atoms with Crippen molar-refractivity contribution in [1.29, 1.82) is 0 Å². The number of nitrogens with two attached hydrogens (primary N) is 1. The Balaban J connectivity index is 1.51. The van der Waals surface area contributed by atoms with E-state index in [1.54, 1.807) is 18.2 Å². The lowest BCUT2D eigenvalue weighted by Crippen LogP contribution is -2.16. The Kier molecular flexibility index (Phi) is 6.81. The summed E-state index contributed by atoms with van der Waals surface area (Å²) in [7, 11) is 0. The number of hydrogen-bond acceptors (Lipinski definition) is 6. The highest BCUT2D eigenvalue weighted by Gasteiger charge is 2.20. The molecule has 0 aliphatic carbocycles. The molecule has 168 valence electrons. The molecule has 0 saturated carbocycles. The van der Waals surface area contributed by atoms with Gasteiger partial charge in [0, 0.05) is 5.02 Å². The Morgan fingerprint density at radius 1 is 1.00 bits per heavy atom. The molecule has 0 unspecified atom stereocenters. The summed E-state index contributed by atoms with van der Waals surface area (Å²) < 4.78 is 43.6. The largest absolute Gasteiger partial charge is 0.488 e. The topological polar surface area (TPSA) is 87.3 Å². The normalized spacial score (nSPS) is 10.8. The predicted octanol–water partition coefficient (Wildman–Crippen LogP) is 5.39. The lowest BCUT2D eigenvalue weighted by Gasteiger charge is -2.10. The van der Waals surface area contributed by atoms with Gasteiger partial charge in [0.1, 0.15) is 30.3 Å². The van der Waals surface area contributed by atoms with E-state index in [4.69, 9.17) is 26.8 Å². The lowest BCUT2D eigenvalue weighted by molar-refractivity contribution is 0.0991. The molecule has 0 atom stereocenters. The Morgan fingerprint density at radius 2 is 1.76 bits per heavy atom. The molecule has 4 rings (SSSR count). The molecule has 0 saturated heterocycles. The molecular formula is C23H16ClF2N3O3S. The van der Waals surface area contributed by atoms with Crippen LogP contribution < -0.4 is 15.2 Å². The Bertz CT molecular complexity index is 1300. The smallest absolute Gasteiger partial charge is 0.254 e. The van der Waals surface area contributed by atoms with Gasteiger partial charge in [0.25, 0.3) is 5.91 Å². The van der Waals surface area contributed by atoms with Crippen LogP contribution in [0.1, 0.15) is 20.9 Å². The third kappa shape index (κ3) is 5.27. The molecular weight excluding hydrogens is 472 g/mol. The second-order valence-corrected chi connectivity index (χ2v) is 8.09. The minimum absolute atomic E-state index is 0.147. The van der Waals surface area contributed by atoms with E-state index in [0.717, 1.165) is 29.2 Å². The first-order valence-electron chi connectivity index (χ1n) is 9.62. The number of benzene rings is 3. The Hall–Kier alpha value is -3.56. The first-order valence-corrected chi connectivity index (χ1v) is 10.8. The summed E-state index contributed by atoms with van der Waals surface area (Å²) in [4.78, 5) is 15.7. The first kappa shape index (κ1) is 22.6. The number of nitrogens with zero attached hydrogens (tertiary/aromatic N) is 2. The highest BCUT2D eigenvalue weighted by Crippen LogP contribution is 2.32. The standard InChI is InChI=1S/C23H16ClF2N3O3S/c24-14-6-7-15(18(10-14)31-11-13-4-2-1-3-5-13)23-28-19(33-29-23)12-32-17-9-8-16(25)20(21(17)26)22(27)30/h1-10H,11-12H2,(H2,27,30). The summed E-state index contributed by atoms with van der Waals surface area (Å²) in [5.41, 5.74) is 5.79. The molecule has 0 aliphatic heterocycles. The van der Waals surface area contributed by atoms with Gasteiger partial charge in [-0.2, -0.15) is 4.37 Å². The van der Waals surface area contributed by atoms with Crippen molar-refractivity contribution in [1.82, 2.24) is 9.36 Å². The van der Waals surface area contributed by atoms with Crippen LogP contribution in [0.15, 0.2) is 60.7 Å². The van der Waals surface area contributed by atoms with Crippen molar-refractivity contribution in [2.75, 3.05) is 0 Å². The summed E-state index contributed by atoms with van der Waals surface area (Å²) in [6.07, 6.45) is 0. The van der Waals surface area contributed by atoms with Gasteiger partial charge < -0.3 is 15.2 Å². The minimum Gasteiger partial charge on any atom is -0.488 e. The molecule has 10 heteroatoms. The molecule has 1 amide bonds. The highest BCUT2D eigenvalue weighted by atomic mass is 35.5. The first-order chi connectivity index (χ1) is 15.9. The van der Waals surface area contributed by atoms with E-state index in [0.29, 0.717) is 33.8 Å². The van der Waals surface area contributed by atoms with Crippen LogP contribution in [0.2, 0.25) is 5.02 Å². The zero-order chi connectivity index (χ0) is 23.4. The van der Waals surface area contributed by atoms with Crippen molar-refractivity contribution in [3.05, 3.63) is 93.5 Å². The maximum atomic E-state index is 14.3. The van der Waals surface area contributed by atoms with Crippen LogP contribution in [-0.4, -0.2) is 15.3 Å². The monoisotopic (exact) mass is 487 g/mol. The summed E-state index contributed by atoms with van der Waals surface area (Å²) in [6.45, 7) is 0.187. The number of carbonyl (C=O) groups excluding carboxylic acids is 1. The summed E-state index contributed by atoms with van der Waals surface area (Å²) >= 11 is 7.18. The number of carbonyl (C=O) groups is 1. The molecule has 2 N–H and O–H groups in total. The highest BCUT2D eigenvalue weighted by molar-refractivity contribution is 7.05. The van der Waals surface area contributed by atoms with E-state index < -0.39 is 23.1 Å². The van der Waals surface area contributed by atoms with E-state index in [-0.39, 0.29) is 12.4 Å². The second kappa shape index (κ2) is 9.93. The average Bonchev–Trinajstić information content (AvgIpc) is 3.26. The molecule has 3 aromatic carbocycles. The maximum absolute atomic E-state index is 14.3. The molecule has 4 aromatic rings. The van der Waals surface area contributed by atoms with Gasteiger partial charge in [-0.1, -0.05) is 41.9 Å². The van der Waals surface area contributed by atoms with Crippen LogP contribution in [0.5, 0.6) is 11.5 Å². The molecule has 0 bridgehead atoms. The molecule has 0 aliphatic rings. The fourth-order valence-corrected chi connectivity index (χ4v) is 3.70. The molecule has 0 radical (unpaired) electrons. The molecule has 0 spiro atoms. The van der Waals surface area contributed by atoms with E-state index in [1.807, 2.05) is 30.3 Å². The van der Waals surface area contributed by atoms with Crippen molar-refractivity contribution in [3.63, 3.8) is 0 Å². The van der Waals surface area contributed by atoms with Crippen LogP contribution in [0.25, 0.3) is 11.4 Å². The molecule has 1 heterocycles. The van der Waals surface area contributed by atoms with E-state index in [9.17, 15) is 13.6 Å².